The number of aryl methyl sites for hydroxylation is 1. The molecular formula is C13H21N3O4S. The molecule has 1 aliphatic heterocycles. The fourth-order valence-corrected chi connectivity index (χ4v) is 4.10. The Hall–Kier alpha value is -1.38. The molecule has 8 heteroatoms. The summed E-state index contributed by atoms with van der Waals surface area (Å²) in [4.78, 5) is 13.2. The van der Waals surface area contributed by atoms with E-state index in [9.17, 15) is 13.2 Å². The highest BCUT2D eigenvalue weighted by molar-refractivity contribution is 7.89. The minimum Gasteiger partial charge on any atom is -0.477 e. The lowest BCUT2D eigenvalue weighted by Crippen LogP contribution is -2.58. The van der Waals surface area contributed by atoms with Crippen LogP contribution in [0.3, 0.4) is 0 Å². The number of piperazine rings is 1. The third-order valence-electron chi connectivity index (χ3n) is 4.12. The summed E-state index contributed by atoms with van der Waals surface area (Å²) >= 11 is 0. The Bertz CT molecular complexity index is 663. The Labute approximate surface area is 124 Å². The van der Waals surface area contributed by atoms with Crippen molar-refractivity contribution in [2.24, 2.45) is 7.05 Å². The highest BCUT2D eigenvalue weighted by Crippen LogP contribution is 2.25. The van der Waals surface area contributed by atoms with Crippen LogP contribution in [0.1, 0.15) is 24.3 Å². The van der Waals surface area contributed by atoms with E-state index in [1.165, 1.54) is 28.2 Å². The third-order valence-corrected chi connectivity index (χ3v) is 5.93. The Morgan fingerprint density at radius 3 is 2.38 bits per heavy atom. The van der Waals surface area contributed by atoms with Crippen LogP contribution in [0, 0.1) is 0 Å². The van der Waals surface area contributed by atoms with E-state index >= 15 is 0 Å². The van der Waals surface area contributed by atoms with Gasteiger partial charge in [-0.25, -0.2) is 13.2 Å². The number of carbonyl (C=O) groups is 1. The maximum absolute atomic E-state index is 12.7. The van der Waals surface area contributed by atoms with Gasteiger partial charge in [0.1, 0.15) is 10.6 Å². The molecule has 0 aliphatic carbocycles. The first-order valence-corrected chi connectivity index (χ1v) is 8.11. The van der Waals surface area contributed by atoms with Crippen molar-refractivity contribution in [1.29, 1.82) is 0 Å². The van der Waals surface area contributed by atoms with Crippen molar-refractivity contribution in [3.63, 3.8) is 0 Å². The Kier molecular flexibility index (Phi) is 3.90. The highest BCUT2D eigenvalue weighted by atomic mass is 32.2. The first kappa shape index (κ1) is 16.0. The number of sulfonamides is 1. The second kappa shape index (κ2) is 5.11. The van der Waals surface area contributed by atoms with Gasteiger partial charge in [-0.2, -0.15) is 4.31 Å². The zero-order chi connectivity index (χ0) is 16.0. The number of carboxylic acids is 1. The molecule has 0 radical (unpaired) electrons. The van der Waals surface area contributed by atoms with Gasteiger partial charge in [0, 0.05) is 38.4 Å². The van der Waals surface area contributed by atoms with Crippen LogP contribution in [-0.2, 0) is 17.1 Å². The Morgan fingerprint density at radius 2 is 1.90 bits per heavy atom. The van der Waals surface area contributed by atoms with Crippen LogP contribution in [0.5, 0.6) is 0 Å². The largest absolute Gasteiger partial charge is 0.477 e. The quantitative estimate of drug-likeness (QED) is 0.875. The lowest BCUT2D eigenvalue weighted by molar-refractivity contribution is 0.0686. The molecule has 0 amide bonds. The van der Waals surface area contributed by atoms with Crippen molar-refractivity contribution in [3.05, 3.63) is 18.0 Å². The van der Waals surface area contributed by atoms with Gasteiger partial charge in [-0.15, -0.1) is 0 Å². The van der Waals surface area contributed by atoms with Crippen molar-refractivity contribution in [2.45, 2.75) is 24.3 Å². The van der Waals surface area contributed by atoms with Gasteiger partial charge in [-0.05, 0) is 27.0 Å². The third kappa shape index (κ3) is 2.83. The molecule has 21 heavy (non-hydrogen) atoms. The first-order chi connectivity index (χ1) is 9.55. The van der Waals surface area contributed by atoms with Crippen molar-refractivity contribution in [1.82, 2.24) is 13.8 Å². The zero-order valence-electron chi connectivity index (χ0n) is 12.7. The predicted molar refractivity (Wildman–Crippen MR) is 77.8 cm³/mol. The van der Waals surface area contributed by atoms with E-state index in [0.717, 1.165) is 0 Å². The van der Waals surface area contributed by atoms with Crippen molar-refractivity contribution >= 4 is 16.0 Å². The van der Waals surface area contributed by atoms with E-state index < -0.39 is 16.0 Å². The molecule has 1 N–H and O–H groups in total. The molecule has 0 unspecified atom stereocenters. The molecule has 1 aliphatic rings. The molecule has 1 aromatic heterocycles. The maximum atomic E-state index is 12.7. The molecule has 1 fully saturated rings. The molecule has 2 heterocycles. The van der Waals surface area contributed by atoms with Gasteiger partial charge in [0.15, 0.2) is 0 Å². The summed E-state index contributed by atoms with van der Waals surface area (Å²) in [6.07, 6.45) is 1.35. The van der Waals surface area contributed by atoms with E-state index in [4.69, 9.17) is 5.11 Å². The Balaban J connectivity index is 2.35. The van der Waals surface area contributed by atoms with Crippen LogP contribution in [0.2, 0.25) is 0 Å². The minimum atomic E-state index is -3.67. The van der Waals surface area contributed by atoms with Gasteiger partial charge in [-0.1, -0.05) is 0 Å². The molecule has 7 nitrogen and oxygen atoms in total. The highest BCUT2D eigenvalue weighted by Gasteiger charge is 2.37. The smallest absolute Gasteiger partial charge is 0.352 e. The molecular weight excluding hydrogens is 294 g/mol. The molecule has 118 valence electrons. The number of aromatic carboxylic acids is 1. The average Bonchev–Trinajstić information content (AvgIpc) is 2.75. The van der Waals surface area contributed by atoms with Crippen molar-refractivity contribution in [3.8, 4) is 0 Å². The molecule has 1 saturated heterocycles. The number of hydrogen-bond donors (Lipinski definition) is 1. The summed E-state index contributed by atoms with van der Waals surface area (Å²) in [6, 6.07) is 1.21. The second-order valence-corrected chi connectivity index (χ2v) is 7.99. The zero-order valence-corrected chi connectivity index (χ0v) is 13.5. The summed E-state index contributed by atoms with van der Waals surface area (Å²) in [7, 11) is -0.178. The molecule has 0 aromatic carbocycles. The number of hydrogen-bond acceptors (Lipinski definition) is 4. The summed E-state index contributed by atoms with van der Waals surface area (Å²) < 4.78 is 28.1. The van der Waals surface area contributed by atoms with Gasteiger partial charge in [0.2, 0.25) is 10.0 Å². The number of nitrogens with zero attached hydrogens (tertiary/aromatic N) is 3. The van der Waals surface area contributed by atoms with E-state index in [-0.39, 0.29) is 16.1 Å². The number of aromatic nitrogens is 1. The fourth-order valence-electron chi connectivity index (χ4n) is 2.44. The van der Waals surface area contributed by atoms with Crippen LogP contribution in [-0.4, -0.2) is 65.5 Å². The first-order valence-electron chi connectivity index (χ1n) is 6.67. The molecule has 2 rings (SSSR count). The van der Waals surface area contributed by atoms with Crippen LogP contribution in [0.15, 0.2) is 17.2 Å². The van der Waals surface area contributed by atoms with Gasteiger partial charge >= 0.3 is 5.97 Å². The van der Waals surface area contributed by atoms with E-state index in [2.05, 4.69) is 4.90 Å². The summed E-state index contributed by atoms with van der Waals surface area (Å²) in [5.74, 6) is -1.14. The minimum absolute atomic E-state index is 0.0303. The summed E-state index contributed by atoms with van der Waals surface area (Å²) in [6.45, 7) is 5.40. The predicted octanol–water partition coefficient (Wildman–Crippen LogP) is 0.438. The van der Waals surface area contributed by atoms with Crippen LogP contribution in [0.25, 0.3) is 0 Å². The monoisotopic (exact) mass is 315 g/mol. The molecule has 0 atom stereocenters. The van der Waals surface area contributed by atoms with E-state index in [0.29, 0.717) is 19.6 Å². The normalized spacial score (nSPS) is 20.6. The Morgan fingerprint density at radius 1 is 1.29 bits per heavy atom. The topological polar surface area (TPSA) is 82.8 Å². The molecule has 0 bridgehead atoms. The van der Waals surface area contributed by atoms with Gasteiger partial charge < -0.3 is 9.67 Å². The fraction of sp³-hybridized carbons (Fsp3) is 0.615. The second-order valence-electron chi connectivity index (χ2n) is 6.05. The van der Waals surface area contributed by atoms with Crippen LogP contribution >= 0.6 is 0 Å². The van der Waals surface area contributed by atoms with Crippen molar-refractivity contribution < 1.29 is 18.3 Å². The van der Waals surface area contributed by atoms with E-state index in [1.54, 1.807) is 0 Å². The average molecular weight is 315 g/mol. The van der Waals surface area contributed by atoms with E-state index in [1.807, 2.05) is 20.9 Å². The molecule has 0 spiro atoms. The molecule has 0 saturated carbocycles. The van der Waals surface area contributed by atoms with Crippen LogP contribution in [0.4, 0.5) is 0 Å². The molecule has 1 aromatic rings. The summed E-state index contributed by atoms with van der Waals surface area (Å²) in [5, 5.41) is 9.04. The standard InChI is InChI=1S/C13H21N3O4S/c1-13(2)9-16(6-5-15(13)4)21(19,20)10-7-11(12(17)18)14(3)8-10/h7-8H,5-6,9H2,1-4H3,(H,17,18). The lowest BCUT2D eigenvalue weighted by atomic mass is 10.0. The van der Waals surface area contributed by atoms with Gasteiger partial charge in [0.05, 0.1) is 0 Å². The lowest BCUT2D eigenvalue weighted by Gasteiger charge is -2.44. The SMILES string of the molecule is CN1CCN(S(=O)(=O)c2cc(C(=O)O)n(C)c2)CC1(C)C. The number of rotatable bonds is 3. The van der Waals surface area contributed by atoms with Gasteiger partial charge in [0.25, 0.3) is 0 Å². The summed E-state index contributed by atoms with van der Waals surface area (Å²) in [5.41, 5.74) is -0.294. The maximum Gasteiger partial charge on any atom is 0.352 e. The number of likely N-dealkylation sites (N-methyl/N-ethyl adjacent to an activating group) is 1. The number of carboxylic acid groups (broad SMARTS) is 1. The van der Waals surface area contributed by atoms with Crippen molar-refractivity contribution in [2.75, 3.05) is 26.7 Å². The van der Waals surface area contributed by atoms with Gasteiger partial charge in [-0.3, -0.25) is 4.90 Å². The van der Waals surface area contributed by atoms with Crippen LogP contribution < -0.4 is 0 Å².